The van der Waals surface area contributed by atoms with Gasteiger partial charge in [-0.2, -0.15) is 0 Å². The SMILES string of the molecule is CCCCCCCCCCOc1ccc2c(OC(C)=O)c(OC/C=C(\C)CCC=C(C)C)c(=O)oc2c1. The Kier molecular flexibility index (Phi) is 13.6. The van der Waals surface area contributed by atoms with E-state index < -0.39 is 11.6 Å². The van der Waals surface area contributed by atoms with Gasteiger partial charge in [0.25, 0.3) is 0 Å². The van der Waals surface area contributed by atoms with Crippen LogP contribution in [-0.4, -0.2) is 19.2 Å². The van der Waals surface area contributed by atoms with Crippen LogP contribution in [0.15, 0.2) is 50.7 Å². The molecule has 0 radical (unpaired) electrons. The van der Waals surface area contributed by atoms with E-state index in [4.69, 9.17) is 18.6 Å². The van der Waals surface area contributed by atoms with Crippen molar-refractivity contribution in [2.24, 2.45) is 0 Å². The first-order chi connectivity index (χ1) is 17.8. The van der Waals surface area contributed by atoms with Gasteiger partial charge in [0.1, 0.15) is 17.9 Å². The second-order valence-corrected chi connectivity index (χ2v) is 9.80. The molecule has 0 amide bonds. The first-order valence-electron chi connectivity index (χ1n) is 13.7. The monoisotopic (exact) mass is 512 g/mol. The molecule has 2 rings (SSSR count). The van der Waals surface area contributed by atoms with Gasteiger partial charge in [0.15, 0.2) is 5.75 Å². The number of benzene rings is 1. The maximum Gasteiger partial charge on any atom is 0.383 e. The predicted octanol–water partition coefficient (Wildman–Crippen LogP) is 8.31. The number of hydrogen-bond donors (Lipinski definition) is 0. The van der Waals surface area contributed by atoms with Crippen LogP contribution in [0.5, 0.6) is 17.2 Å². The van der Waals surface area contributed by atoms with E-state index in [-0.39, 0.29) is 23.7 Å². The van der Waals surface area contributed by atoms with Crippen LogP contribution in [0.1, 0.15) is 98.8 Å². The fraction of sp³-hybridized carbons (Fsp3) is 0.548. The van der Waals surface area contributed by atoms with E-state index in [0.29, 0.717) is 17.7 Å². The third kappa shape index (κ3) is 11.3. The van der Waals surface area contributed by atoms with Crippen LogP contribution in [-0.2, 0) is 4.79 Å². The molecule has 204 valence electrons. The lowest BCUT2D eigenvalue weighted by molar-refractivity contribution is -0.131. The van der Waals surface area contributed by atoms with Gasteiger partial charge < -0.3 is 18.6 Å². The van der Waals surface area contributed by atoms with Crippen LogP contribution in [0.2, 0.25) is 0 Å². The molecule has 2 aromatic rings. The highest BCUT2D eigenvalue weighted by Crippen LogP contribution is 2.35. The van der Waals surface area contributed by atoms with E-state index in [1.165, 1.54) is 51.0 Å². The Labute approximate surface area is 221 Å². The zero-order valence-electron chi connectivity index (χ0n) is 23.3. The maximum absolute atomic E-state index is 12.7. The van der Waals surface area contributed by atoms with E-state index in [1.807, 2.05) is 13.0 Å². The molecule has 1 heterocycles. The van der Waals surface area contributed by atoms with Gasteiger partial charge in [-0.15, -0.1) is 0 Å². The molecular formula is C31H44O6. The van der Waals surface area contributed by atoms with Gasteiger partial charge in [0, 0.05) is 13.0 Å². The van der Waals surface area contributed by atoms with Crippen LogP contribution < -0.4 is 19.8 Å². The van der Waals surface area contributed by atoms with Crippen molar-refractivity contribution in [1.82, 2.24) is 0 Å². The minimum atomic E-state index is -0.695. The largest absolute Gasteiger partial charge is 0.493 e. The zero-order valence-corrected chi connectivity index (χ0v) is 23.3. The summed E-state index contributed by atoms with van der Waals surface area (Å²) in [6, 6.07) is 5.18. The lowest BCUT2D eigenvalue weighted by atomic mass is 10.1. The first-order valence-corrected chi connectivity index (χ1v) is 13.7. The third-order valence-electron chi connectivity index (χ3n) is 6.06. The van der Waals surface area contributed by atoms with Gasteiger partial charge in [-0.3, -0.25) is 4.79 Å². The molecule has 37 heavy (non-hydrogen) atoms. The molecule has 0 aliphatic carbocycles. The molecule has 0 unspecified atom stereocenters. The molecule has 6 nitrogen and oxygen atoms in total. The molecule has 0 aliphatic heterocycles. The van der Waals surface area contributed by atoms with Gasteiger partial charge in [-0.25, -0.2) is 4.79 Å². The van der Waals surface area contributed by atoms with E-state index in [9.17, 15) is 9.59 Å². The molecule has 0 saturated heterocycles. The average molecular weight is 513 g/mol. The Hall–Kier alpha value is -3.02. The summed E-state index contributed by atoms with van der Waals surface area (Å²) in [5, 5.41) is 0.480. The summed E-state index contributed by atoms with van der Waals surface area (Å²) in [6.07, 6.45) is 15.8. The van der Waals surface area contributed by atoms with Crippen molar-refractivity contribution in [3.05, 3.63) is 51.9 Å². The van der Waals surface area contributed by atoms with Crippen LogP contribution >= 0.6 is 0 Å². The van der Waals surface area contributed by atoms with Crippen LogP contribution in [0, 0.1) is 0 Å². The highest BCUT2D eigenvalue weighted by molar-refractivity contribution is 5.89. The van der Waals surface area contributed by atoms with Gasteiger partial charge in [-0.1, -0.05) is 69.1 Å². The molecule has 1 aromatic heterocycles. The van der Waals surface area contributed by atoms with Crippen molar-refractivity contribution in [2.45, 2.75) is 98.8 Å². The van der Waals surface area contributed by atoms with Crippen molar-refractivity contribution < 1.29 is 23.4 Å². The Morgan fingerprint density at radius 3 is 2.27 bits per heavy atom. The van der Waals surface area contributed by atoms with Crippen LogP contribution in [0.3, 0.4) is 0 Å². The summed E-state index contributed by atoms with van der Waals surface area (Å²) in [7, 11) is 0. The third-order valence-corrected chi connectivity index (χ3v) is 6.06. The van der Waals surface area contributed by atoms with Crippen molar-refractivity contribution in [2.75, 3.05) is 13.2 Å². The molecule has 6 heteroatoms. The lowest BCUT2D eigenvalue weighted by Crippen LogP contribution is -2.12. The number of esters is 1. The number of ether oxygens (including phenoxy) is 3. The van der Waals surface area contributed by atoms with Gasteiger partial charge >= 0.3 is 11.6 Å². The lowest BCUT2D eigenvalue weighted by Gasteiger charge is -2.12. The standard InChI is InChI=1S/C31H44O6/c1-6-7-8-9-10-11-12-13-20-34-26-17-18-27-28(22-26)37-31(33)30(29(27)36-25(5)32)35-21-19-24(4)16-14-15-23(2)3/h15,17-19,22H,6-14,16,20-21H2,1-5H3/b24-19+. The molecule has 0 N–H and O–H groups in total. The van der Waals surface area contributed by atoms with Crippen LogP contribution in [0.25, 0.3) is 11.0 Å². The molecule has 0 aliphatic rings. The summed E-state index contributed by atoms with van der Waals surface area (Å²) in [4.78, 5) is 24.5. The van der Waals surface area contributed by atoms with Gasteiger partial charge in [0.05, 0.1) is 12.0 Å². The van der Waals surface area contributed by atoms with E-state index in [1.54, 1.807) is 18.2 Å². The molecule has 1 aromatic carbocycles. The average Bonchev–Trinajstić information content (AvgIpc) is 2.84. The number of carbonyl (C=O) groups excluding carboxylic acids is 1. The number of allylic oxidation sites excluding steroid dienone is 3. The summed E-state index contributed by atoms with van der Waals surface area (Å²) < 4.78 is 22.5. The molecule has 0 atom stereocenters. The smallest absolute Gasteiger partial charge is 0.383 e. The summed E-state index contributed by atoms with van der Waals surface area (Å²) in [5.74, 6) is 0.0313. The number of carbonyl (C=O) groups is 1. The topological polar surface area (TPSA) is 75.0 Å². The number of hydrogen-bond acceptors (Lipinski definition) is 6. The minimum absolute atomic E-state index is 0.0731. The number of rotatable bonds is 17. The van der Waals surface area contributed by atoms with Crippen molar-refractivity contribution in [1.29, 1.82) is 0 Å². The summed E-state index contributed by atoms with van der Waals surface area (Å²) >= 11 is 0. The van der Waals surface area contributed by atoms with Crippen LogP contribution in [0.4, 0.5) is 0 Å². The van der Waals surface area contributed by atoms with Crippen molar-refractivity contribution in [3.8, 4) is 17.2 Å². The zero-order chi connectivity index (χ0) is 27.0. The highest BCUT2D eigenvalue weighted by Gasteiger charge is 2.20. The molecule has 0 bridgehead atoms. The molecule has 0 spiro atoms. The van der Waals surface area contributed by atoms with Gasteiger partial charge in [-0.05, 0) is 58.2 Å². The highest BCUT2D eigenvalue weighted by atomic mass is 16.6. The summed E-state index contributed by atoms with van der Waals surface area (Å²) in [5.41, 5.74) is 2.02. The second-order valence-electron chi connectivity index (χ2n) is 9.80. The fourth-order valence-corrected chi connectivity index (χ4v) is 3.98. The fourth-order valence-electron chi connectivity index (χ4n) is 3.98. The Morgan fingerprint density at radius 2 is 1.59 bits per heavy atom. The molecular weight excluding hydrogens is 468 g/mol. The quantitative estimate of drug-likeness (QED) is 0.0918. The molecule has 0 saturated carbocycles. The van der Waals surface area contributed by atoms with Crippen molar-refractivity contribution in [3.63, 3.8) is 0 Å². The molecule has 0 fully saturated rings. The number of fused-ring (bicyclic) bond motifs is 1. The number of unbranched alkanes of at least 4 members (excludes halogenated alkanes) is 7. The summed E-state index contributed by atoms with van der Waals surface area (Å²) in [6.45, 7) is 10.5. The Balaban J connectivity index is 2.03. The van der Waals surface area contributed by atoms with E-state index in [0.717, 1.165) is 31.3 Å². The van der Waals surface area contributed by atoms with E-state index in [2.05, 4.69) is 26.8 Å². The van der Waals surface area contributed by atoms with E-state index >= 15 is 0 Å². The predicted molar refractivity (Wildman–Crippen MR) is 150 cm³/mol. The second kappa shape index (κ2) is 16.7. The normalized spacial score (nSPS) is 11.4. The maximum atomic E-state index is 12.7. The minimum Gasteiger partial charge on any atom is -0.493 e. The van der Waals surface area contributed by atoms with Gasteiger partial charge in [0.2, 0.25) is 5.75 Å². The first kappa shape index (κ1) is 30.2. The Bertz CT molecular complexity index is 1100. The Morgan fingerprint density at radius 1 is 0.892 bits per heavy atom. The van der Waals surface area contributed by atoms with Crippen molar-refractivity contribution >= 4 is 16.9 Å².